The van der Waals surface area contributed by atoms with Crippen molar-refractivity contribution in [3.05, 3.63) is 64.2 Å². The molecule has 1 saturated heterocycles. The van der Waals surface area contributed by atoms with Crippen LogP contribution in [-0.2, 0) is 6.54 Å². The van der Waals surface area contributed by atoms with Gasteiger partial charge in [-0.05, 0) is 62.7 Å². The van der Waals surface area contributed by atoms with E-state index in [2.05, 4.69) is 25.5 Å². The minimum absolute atomic E-state index is 0.0746. The quantitative estimate of drug-likeness (QED) is 0.363. The van der Waals surface area contributed by atoms with Crippen LogP contribution in [0.5, 0.6) is 0 Å². The van der Waals surface area contributed by atoms with Crippen LogP contribution >= 0.6 is 11.3 Å². The van der Waals surface area contributed by atoms with E-state index in [0.29, 0.717) is 24.3 Å². The number of hydrogen-bond acceptors (Lipinski definition) is 8. The molecule has 10 heteroatoms. The summed E-state index contributed by atoms with van der Waals surface area (Å²) < 4.78 is 16.0. The maximum absolute atomic E-state index is 15.0. The molecule has 2 aromatic carbocycles. The number of carbonyl (C=O) groups excluding carboxylic acids is 1. The van der Waals surface area contributed by atoms with E-state index in [1.54, 1.807) is 11.3 Å². The van der Waals surface area contributed by atoms with Crippen LogP contribution in [0.4, 0.5) is 15.8 Å². The highest BCUT2D eigenvalue weighted by atomic mass is 32.1. The topological polar surface area (TPSA) is 109 Å². The highest BCUT2D eigenvalue weighted by molar-refractivity contribution is 7.18. The summed E-state index contributed by atoms with van der Waals surface area (Å²) in [5, 5.41) is 6.98. The predicted molar refractivity (Wildman–Crippen MR) is 142 cm³/mol. The first-order chi connectivity index (χ1) is 17.3. The summed E-state index contributed by atoms with van der Waals surface area (Å²) in [4.78, 5) is 28.9. The Morgan fingerprint density at radius 2 is 2.08 bits per heavy atom. The van der Waals surface area contributed by atoms with E-state index < -0.39 is 11.7 Å². The van der Waals surface area contributed by atoms with Gasteiger partial charge in [-0.15, -0.1) is 11.3 Å². The van der Waals surface area contributed by atoms with Crippen molar-refractivity contribution in [2.75, 3.05) is 30.4 Å². The fourth-order valence-electron chi connectivity index (χ4n) is 4.70. The first-order valence-electron chi connectivity index (χ1n) is 11.8. The number of rotatable bonds is 6. The number of halogens is 1. The number of benzene rings is 2. The van der Waals surface area contributed by atoms with Gasteiger partial charge in [-0.1, -0.05) is 6.07 Å². The first-order valence-corrected chi connectivity index (χ1v) is 12.6. The Hall–Kier alpha value is -3.47. The monoisotopic (exact) mass is 505 g/mol. The molecule has 1 amide bonds. The van der Waals surface area contributed by atoms with E-state index in [1.165, 1.54) is 18.3 Å². The number of amides is 1. The second-order valence-electron chi connectivity index (χ2n) is 9.06. The number of hydrogen-bond donors (Lipinski definition) is 3. The highest BCUT2D eigenvalue weighted by Gasteiger charge is 2.26. The van der Waals surface area contributed by atoms with Gasteiger partial charge in [0.1, 0.15) is 17.0 Å². The van der Waals surface area contributed by atoms with Crippen molar-refractivity contribution < 1.29 is 9.18 Å². The van der Waals surface area contributed by atoms with Gasteiger partial charge in [-0.25, -0.2) is 19.3 Å². The second-order valence-corrected chi connectivity index (χ2v) is 10.3. The Bertz CT molecular complexity index is 1430. The number of nitrogens with two attached hydrogens (primary N) is 1. The molecule has 0 radical (unpaired) electrons. The SMILES string of the molecule is CNCc1cc(C)c(-c2nccc(C(=O)Nc3ccc4sc(C)nc4c3N3CC[C@@H](N)C3)n2)c(F)c1. The molecule has 3 heterocycles. The number of fused-ring (bicyclic) bond motifs is 1. The normalized spacial score (nSPS) is 15.6. The molecule has 186 valence electrons. The number of aryl methyl sites for hydroxylation is 2. The summed E-state index contributed by atoms with van der Waals surface area (Å²) in [7, 11) is 1.81. The van der Waals surface area contributed by atoms with Crippen molar-refractivity contribution in [1.82, 2.24) is 20.3 Å². The molecule has 1 aliphatic heterocycles. The van der Waals surface area contributed by atoms with E-state index in [-0.39, 0.29) is 23.1 Å². The van der Waals surface area contributed by atoms with E-state index in [0.717, 1.165) is 39.4 Å². The van der Waals surface area contributed by atoms with Gasteiger partial charge >= 0.3 is 0 Å². The Balaban J connectivity index is 1.48. The third-order valence-corrected chi connectivity index (χ3v) is 7.21. The van der Waals surface area contributed by atoms with Gasteiger partial charge in [0, 0.05) is 31.9 Å². The summed E-state index contributed by atoms with van der Waals surface area (Å²) in [5.74, 6) is -0.653. The van der Waals surface area contributed by atoms with Crippen molar-refractivity contribution in [3.8, 4) is 11.4 Å². The molecule has 4 N–H and O–H groups in total. The summed E-state index contributed by atoms with van der Waals surface area (Å²) in [5.41, 5.74) is 10.5. The van der Waals surface area contributed by atoms with Crippen LogP contribution in [0.3, 0.4) is 0 Å². The van der Waals surface area contributed by atoms with Gasteiger partial charge < -0.3 is 21.3 Å². The lowest BCUT2D eigenvalue weighted by Gasteiger charge is -2.22. The largest absolute Gasteiger partial charge is 0.366 e. The number of aromatic nitrogens is 3. The van der Waals surface area contributed by atoms with Crippen LogP contribution in [-0.4, -0.2) is 47.0 Å². The molecule has 4 aromatic rings. The number of anilines is 2. The number of nitrogens with zero attached hydrogens (tertiary/aromatic N) is 4. The van der Waals surface area contributed by atoms with Crippen molar-refractivity contribution in [2.45, 2.75) is 32.9 Å². The lowest BCUT2D eigenvalue weighted by Crippen LogP contribution is -2.27. The van der Waals surface area contributed by atoms with E-state index in [9.17, 15) is 9.18 Å². The van der Waals surface area contributed by atoms with Gasteiger partial charge in [0.2, 0.25) is 0 Å². The van der Waals surface area contributed by atoms with Gasteiger partial charge in [0.15, 0.2) is 5.82 Å². The van der Waals surface area contributed by atoms with Gasteiger partial charge in [-0.2, -0.15) is 0 Å². The highest BCUT2D eigenvalue weighted by Crippen LogP contribution is 2.38. The minimum Gasteiger partial charge on any atom is -0.366 e. The standard InChI is InChI=1S/C26H28FN7OS/c1-14-10-16(12-29-3)11-18(27)22(14)25-30-8-6-20(32-25)26(35)33-19-4-5-21-23(31-15(2)36-21)24(19)34-9-7-17(28)13-34/h4-6,8,10-11,17,29H,7,9,12-13,28H2,1-3H3,(H,33,35)/t17-/m1/s1. The fraction of sp³-hybridized carbons (Fsp3) is 0.308. The average molecular weight is 506 g/mol. The maximum atomic E-state index is 15.0. The van der Waals surface area contributed by atoms with Crippen LogP contribution < -0.4 is 21.3 Å². The Kier molecular flexibility index (Phi) is 6.65. The van der Waals surface area contributed by atoms with Gasteiger partial charge in [0.05, 0.1) is 26.6 Å². The van der Waals surface area contributed by atoms with E-state index in [4.69, 9.17) is 10.7 Å². The van der Waals surface area contributed by atoms with Crippen molar-refractivity contribution in [1.29, 1.82) is 0 Å². The molecule has 8 nitrogen and oxygen atoms in total. The zero-order valence-electron chi connectivity index (χ0n) is 20.4. The van der Waals surface area contributed by atoms with Gasteiger partial charge in [0.25, 0.3) is 5.91 Å². The second kappa shape index (κ2) is 9.88. The third-order valence-electron chi connectivity index (χ3n) is 6.27. The lowest BCUT2D eigenvalue weighted by molar-refractivity contribution is 0.102. The van der Waals surface area contributed by atoms with Gasteiger partial charge in [-0.3, -0.25) is 4.79 Å². The molecule has 0 spiro atoms. The van der Waals surface area contributed by atoms with Crippen molar-refractivity contribution in [2.24, 2.45) is 5.73 Å². The summed E-state index contributed by atoms with van der Waals surface area (Å²) in [6, 6.07) is 8.81. The maximum Gasteiger partial charge on any atom is 0.274 e. The number of nitrogens with one attached hydrogen (secondary N) is 2. The summed E-state index contributed by atoms with van der Waals surface area (Å²) >= 11 is 1.61. The molecule has 0 aliphatic carbocycles. The molecule has 1 fully saturated rings. The number of thiazole rings is 1. The lowest BCUT2D eigenvalue weighted by atomic mass is 10.0. The van der Waals surface area contributed by atoms with Crippen LogP contribution in [0.2, 0.25) is 0 Å². The van der Waals surface area contributed by atoms with Crippen LogP contribution in [0.25, 0.3) is 21.6 Å². The average Bonchev–Trinajstić information content (AvgIpc) is 3.43. The molecule has 2 aromatic heterocycles. The smallest absolute Gasteiger partial charge is 0.274 e. The van der Waals surface area contributed by atoms with E-state index in [1.807, 2.05) is 39.1 Å². The summed E-state index contributed by atoms with van der Waals surface area (Å²) in [6.45, 7) is 5.81. The molecule has 0 unspecified atom stereocenters. The first kappa shape index (κ1) is 24.2. The molecular weight excluding hydrogens is 477 g/mol. The fourth-order valence-corrected chi connectivity index (χ4v) is 5.53. The predicted octanol–water partition coefficient (Wildman–Crippen LogP) is 4.02. The molecule has 5 rings (SSSR count). The minimum atomic E-state index is -0.421. The zero-order valence-corrected chi connectivity index (χ0v) is 21.2. The van der Waals surface area contributed by atoms with Crippen LogP contribution in [0.1, 0.15) is 33.0 Å². The van der Waals surface area contributed by atoms with Crippen LogP contribution in [0, 0.1) is 19.7 Å². The summed E-state index contributed by atoms with van der Waals surface area (Å²) in [6.07, 6.45) is 2.35. The Morgan fingerprint density at radius 1 is 1.25 bits per heavy atom. The Labute approximate surface area is 212 Å². The van der Waals surface area contributed by atoms with E-state index >= 15 is 0 Å². The third kappa shape index (κ3) is 4.67. The molecule has 36 heavy (non-hydrogen) atoms. The van der Waals surface area contributed by atoms with Crippen LogP contribution in [0.15, 0.2) is 36.5 Å². The van der Waals surface area contributed by atoms with Crippen molar-refractivity contribution >= 4 is 38.8 Å². The molecular formula is C26H28FN7OS. The number of carbonyl (C=O) groups is 1. The zero-order chi connectivity index (χ0) is 25.4. The molecule has 1 atom stereocenters. The molecule has 1 aliphatic rings. The van der Waals surface area contributed by atoms with Crippen molar-refractivity contribution in [3.63, 3.8) is 0 Å². The molecule has 0 saturated carbocycles. The Morgan fingerprint density at radius 3 is 2.81 bits per heavy atom. The molecule has 0 bridgehead atoms.